The molecule has 0 bridgehead atoms. The van der Waals surface area contributed by atoms with Gasteiger partial charge in [0.1, 0.15) is 6.61 Å². The zero-order chi connectivity index (χ0) is 5.70. The predicted octanol–water partition coefficient (Wildman–Crippen LogP) is 1.06. The van der Waals surface area contributed by atoms with Crippen LogP contribution >= 0.6 is 0 Å². The van der Waals surface area contributed by atoms with Crippen LogP contribution in [0.2, 0.25) is 0 Å². The third-order valence-electron chi connectivity index (χ3n) is 0.383. The van der Waals surface area contributed by atoms with Crippen molar-refractivity contribution >= 4 is 0 Å². The maximum absolute atomic E-state index is 7.80. The molecule has 0 rings (SSSR count). The van der Waals surface area contributed by atoms with Crippen molar-refractivity contribution in [2.75, 3.05) is 6.61 Å². The lowest BCUT2D eigenvalue weighted by molar-refractivity contribution is 0.303. The van der Waals surface area contributed by atoms with E-state index >= 15 is 0 Å². The summed E-state index contributed by atoms with van der Waals surface area (Å²) in [6.07, 6.45) is 1.54. The van der Waals surface area contributed by atoms with E-state index in [1.54, 1.807) is 6.92 Å². The number of ether oxygens (including phenoxy) is 1. The minimum Gasteiger partial charge on any atom is -0.423 e. The molecule has 0 spiro atoms. The third kappa shape index (κ3) is 5.03. The van der Waals surface area contributed by atoms with Crippen molar-refractivity contribution in [2.24, 2.45) is 0 Å². The van der Waals surface area contributed by atoms with E-state index in [1.807, 2.05) is 0 Å². The molecular formula is C5H7NO. The second kappa shape index (κ2) is 3.23. The normalized spacial score (nSPS) is 6.86. The molecule has 38 valence electrons. The minimum atomic E-state index is 0.344. The Kier molecular flexibility index (Phi) is 2.78. The fraction of sp³-hybridized carbons (Fsp3) is 0.400. The van der Waals surface area contributed by atoms with Gasteiger partial charge in [-0.05, 0) is 12.5 Å². The lowest BCUT2D eigenvalue weighted by Gasteiger charge is -1.89. The van der Waals surface area contributed by atoms with Gasteiger partial charge in [-0.15, -0.1) is 0 Å². The van der Waals surface area contributed by atoms with Gasteiger partial charge < -0.3 is 4.74 Å². The summed E-state index contributed by atoms with van der Waals surface area (Å²) in [4.78, 5) is 0. The standard InChI is InChI=1S/C5H7NO/c1-5(2)3-7-4-6/h1,3H2,2H3. The first kappa shape index (κ1) is 6.03. The molecule has 0 saturated carbocycles. The van der Waals surface area contributed by atoms with E-state index in [0.717, 1.165) is 5.57 Å². The molecule has 0 aliphatic heterocycles. The number of rotatable bonds is 2. The van der Waals surface area contributed by atoms with Crippen molar-refractivity contribution < 1.29 is 4.74 Å². The Morgan fingerprint density at radius 2 is 2.57 bits per heavy atom. The summed E-state index contributed by atoms with van der Waals surface area (Å²) in [7, 11) is 0. The van der Waals surface area contributed by atoms with Gasteiger partial charge in [0.25, 0.3) is 6.26 Å². The fourth-order valence-corrected chi connectivity index (χ4v) is 0.155. The molecule has 0 aromatic heterocycles. The van der Waals surface area contributed by atoms with Gasteiger partial charge >= 0.3 is 0 Å². The zero-order valence-corrected chi connectivity index (χ0v) is 4.27. The van der Waals surface area contributed by atoms with E-state index in [2.05, 4.69) is 11.3 Å². The molecule has 0 atom stereocenters. The first-order chi connectivity index (χ1) is 3.27. The summed E-state index contributed by atoms with van der Waals surface area (Å²) >= 11 is 0. The third-order valence-corrected chi connectivity index (χ3v) is 0.383. The van der Waals surface area contributed by atoms with Gasteiger partial charge in [-0.1, -0.05) is 6.58 Å². The van der Waals surface area contributed by atoms with Gasteiger partial charge in [0.2, 0.25) is 0 Å². The predicted molar refractivity (Wildman–Crippen MR) is 26.4 cm³/mol. The molecule has 2 heteroatoms. The fourth-order valence-electron chi connectivity index (χ4n) is 0.155. The van der Waals surface area contributed by atoms with E-state index < -0.39 is 0 Å². The van der Waals surface area contributed by atoms with Crippen LogP contribution in [-0.4, -0.2) is 6.61 Å². The highest BCUT2D eigenvalue weighted by atomic mass is 16.5. The first-order valence-corrected chi connectivity index (χ1v) is 1.92. The average molecular weight is 97.1 g/mol. The molecule has 0 radical (unpaired) electrons. The smallest absolute Gasteiger partial charge is 0.286 e. The molecule has 0 heterocycles. The first-order valence-electron chi connectivity index (χ1n) is 1.92. The molecular weight excluding hydrogens is 90.1 g/mol. The van der Waals surface area contributed by atoms with E-state index in [9.17, 15) is 0 Å². The molecule has 0 aromatic rings. The van der Waals surface area contributed by atoms with Crippen LogP contribution in [0.25, 0.3) is 0 Å². The Bertz CT molecular complexity index is 101. The molecule has 7 heavy (non-hydrogen) atoms. The zero-order valence-electron chi connectivity index (χ0n) is 4.27. The van der Waals surface area contributed by atoms with Crippen molar-refractivity contribution in [1.82, 2.24) is 0 Å². The number of nitrogens with zero attached hydrogens (tertiary/aromatic N) is 1. The lowest BCUT2D eigenvalue weighted by Crippen LogP contribution is -1.85. The Hall–Kier alpha value is -0.970. The van der Waals surface area contributed by atoms with Crippen LogP contribution < -0.4 is 0 Å². The monoisotopic (exact) mass is 97.1 g/mol. The molecule has 0 aliphatic rings. The topological polar surface area (TPSA) is 33.0 Å². The molecule has 0 unspecified atom stereocenters. The lowest BCUT2D eigenvalue weighted by atomic mass is 10.4. The van der Waals surface area contributed by atoms with Crippen molar-refractivity contribution in [2.45, 2.75) is 6.92 Å². The van der Waals surface area contributed by atoms with Gasteiger partial charge in [-0.25, -0.2) is 0 Å². The number of hydrogen-bond donors (Lipinski definition) is 0. The Labute approximate surface area is 43.0 Å². The molecule has 2 nitrogen and oxygen atoms in total. The highest BCUT2D eigenvalue weighted by molar-refractivity contribution is 4.88. The Morgan fingerprint density at radius 1 is 2.00 bits per heavy atom. The molecule has 0 aromatic carbocycles. The molecule has 0 saturated heterocycles. The van der Waals surface area contributed by atoms with Gasteiger partial charge in [0, 0.05) is 0 Å². The van der Waals surface area contributed by atoms with Crippen molar-refractivity contribution in [1.29, 1.82) is 5.26 Å². The van der Waals surface area contributed by atoms with Crippen LogP contribution in [0.3, 0.4) is 0 Å². The molecule has 0 fully saturated rings. The summed E-state index contributed by atoms with van der Waals surface area (Å²) in [6, 6.07) is 0. The second-order valence-corrected chi connectivity index (χ2v) is 1.34. The van der Waals surface area contributed by atoms with Crippen molar-refractivity contribution in [3.05, 3.63) is 12.2 Å². The quantitative estimate of drug-likeness (QED) is 0.381. The van der Waals surface area contributed by atoms with Crippen molar-refractivity contribution in [3.63, 3.8) is 0 Å². The van der Waals surface area contributed by atoms with Gasteiger partial charge in [0.05, 0.1) is 0 Å². The van der Waals surface area contributed by atoms with Crippen LogP contribution in [0.15, 0.2) is 12.2 Å². The average Bonchev–Trinajstić information content (AvgIpc) is 1.61. The summed E-state index contributed by atoms with van der Waals surface area (Å²) in [5.74, 6) is 0. The van der Waals surface area contributed by atoms with Gasteiger partial charge in [-0.3, -0.25) is 0 Å². The summed E-state index contributed by atoms with van der Waals surface area (Å²) in [5, 5.41) is 7.80. The van der Waals surface area contributed by atoms with Gasteiger partial charge in [0.15, 0.2) is 0 Å². The molecule has 0 N–H and O–H groups in total. The molecule has 0 aliphatic carbocycles. The van der Waals surface area contributed by atoms with E-state index in [-0.39, 0.29) is 0 Å². The largest absolute Gasteiger partial charge is 0.423 e. The van der Waals surface area contributed by atoms with Crippen LogP contribution in [0.4, 0.5) is 0 Å². The SMILES string of the molecule is C=C(C)COC#N. The summed E-state index contributed by atoms with van der Waals surface area (Å²) in [5.41, 5.74) is 0.863. The Morgan fingerprint density at radius 3 is 2.71 bits per heavy atom. The number of nitriles is 1. The van der Waals surface area contributed by atoms with Crippen molar-refractivity contribution in [3.8, 4) is 6.26 Å². The van der Waals surface area contributed by atoms with Crippen LogP contribution in [0.1, 0.15) is 6.92 Å². The minimum absolute atomic E-state index is 0.344. The summed E-state index contributed by atoms with van der Waals surface area (Å²) < 4.78 is 4.30. The maximum atomic E-state index is 7.80. The highest BCUT2D eigenvalue weighted by Gasteiger charge is 1.79. The highest BCUT2D eigenvalue weighted by Crippen LogP contribution is 1.84. The van der Waals surface area contributed by atoms with E-state index in [0.29, 0.717) is 6.61 Å². The maximum Gasteiger partial charge on any atom is 0.286 e. The molecule has 0 amide bonds. The summed E-state index contributed by atoms with van der Waals surface area (Å²) in [6.45, 7) is 5.66. The van der Waals surface area contributed by atoms with Crippen LogP contribution in [0.5, 0.6) is 0 Å². The number of hydrogen-bond acceptors (Lipinski definition) is 2. The van der Waals surface area contributed by atoms with Crippen LogP contribution in [0, 0.1) is 11.5 Å². The Balaban J connectivity index is 3.02. The second-order valence-electron chi connectivity index (χ2n) is 1.34. The van der Waals surface area contributed by atoms with Crippen LogP contribution in [-0.2, 0) is 4.74 Å². The van der Waals surface area contributed by atoms with E-state index in [1.165, 1.54) is 6.26 Å². The van der Waals surface area contributed by atoms with Gasteiger partial charge in [-0.2, -0.15) is 5.26 Å². The van der Waals surface area contributed by atoms with E-state index in [4.69, 9.17) is 5.26 Å².